The first kappa shape index (κ1) is 10.7. The summed E-state index contributed by atoms with van der Waals surface area (Å²) in [7, 11) is 0. The predicted octanol–water partition coefficient (Wildman–Crippen LogP) is 1.78. The Bertz CT molecular complexity index is 322. The lowest BCUT2D eigenvalue weighted by molar-refractivity contribution is -0.125. The van der Waals surface area contributed by atoms with Crippen molar-refractivity contribution in [2.75, 3.05) is 0 Å². The summed E-state index contributed by atoms with van der Waals surface area (Å²) in [6, 6.07) is 3.84. The van der Waals surface area contributed by atoms with Crippen molar-refractivity contribution in [3.05, 3.63) is 20.8 Å². The lowest BCUT2D eigenvalue weighted by Crippen LogP contribution is -2.43. The highest BCUT2D eigenvalue weighted by atomic mass is 79.9. The molecule has 0 atom stereocenters. The number of rotatable bonds is 2. The normalized spacial score (nSPS) is 11.4. The maximum atomic E-state index is 11.4. The molecule has 0 aliphatic rings. The summed E-state index contributed by atoms with van der Waals surface area (Å²) in [6.07, 6.45) is 0. The molecule has 1 heterocycles. The maximum absolute atomic E-state index is 11.4. The first-order valence-electron chi connectivity index (χ1n) is 3.75. The molecule has 0 saturated carbocycles. The zero-order chi connectivity index (χ0) is 10.1. The molecular weight excluding hydrogens is 252 g/mol. The molecular formula is C8H11BrN2OS. The average molecular weight is 263 g/mol. The number of nitrogens with two attached hydrogens (primary N) is 1. The van der Waals surface area contributed by atoms with Gasteiger partial charge in [-0.05, 0) is 41.9 Å². The van der Waals surface area contributed by atoms with Crippen molar-refractivity contribution in [2.24, 2.45) is 5.84 Å². The topological polar surface area (TPSA) is 55.1 Å². The number of hydrazine groups is 1. The average Bonchev–Trinajstić information content (AvgIpc) is 2.50. The van der Waals surface area contributed by atoms with Gasteiger partial charge in [0.2, 0.25) is 5.91 Å². The predicted molar refractivity (Wildman–Crippen MR) is 57.4 cm³/mol. The van der Waals surface area contributed by atoms with Crippen molar-refractivity contribution in [2.45, 2.75) is 19.3 Å². The fourth-order valence-electron chi connectivity index (χ4n) is 0.943. The number of hydrogen-bond acceptors (Lipinski definition) is 3. The Hall–Kier alpha value is -0.390. The third kappa shape index (κ3) is 2.10. The second-order valence-electron chi connectivity index (χ2n) is 3.20. The van der Waals surface area contributed by atoms with Crippen LogP contribution in [0.25, 0.3) is 0 Å². The number of thiophene rings is 1. The van der Waals surface area contributed by atoms with Gasteiger partial charge < -0.3 is 0 Å². The van der Waals surface area contributed by atoms with E-state index in [1.807, 2.05) is 26.0 Å². The van der Waals surface area contributed by atoms with Gasteiger partial charge in [0.1, 0.15) is 0 Å². The van der Waals surface area contributed by atoms with Crippen LogP contribution in [-0.4, -0.2) is 5.91 Å². The second-order valence-corrected chi connectivity index (χ2v) is 5.67. The largest absolute Gasteiger partial charge is 0.293 e. The lowest BCUT2D eigenvalue weighted by Gasteiger charge is -2.20. The fourth-order valence-corrected chi connectivity index (χ4v) is 2.43. The van der Waals surface area contributed by atoms with Crippen LogP contribution in [-0.2, 0) is 10.2 Å². The number of carbonyl (C=O) groups is 1. The van der Waals surface area contributed by atoms with Crippen LogP contribution in [0.2, 0.25) is 0 Å². The van der Waals surface area contributed by atoms with Crippen LogP contribution in [0.3, 0.4) is 0 Å². The SMILES string of the molecule is CC(C)(C(=O)NN)c1ccc(Br)s1. The summed E-state index contributed by atoms with van der Waals surface area (Å²) >= 11 is 4.89. The van der Waals surface area contributed by atoms with E-state index in [2.05, 4.69) is 21.4 Å². The minimum Gasteiger partial charge on any atom is -0.293 e. The van der Waals surface area contributed by atoms with Crippen LogP contribution >= 0.6 is 27.3 Å². The van der Waals surface area contributed by atoms with Crippen molar-refractivity contribution in [3.8, 4) is 0 Å². The van der Waals surface area contributed by atoms with Gasteiger partial charge >= 0.3 is 0 Å². The minimum absolute atomic E-state index is 0.179. The van der Waals surface area contributed by atoms with E-state index in [9.17, 15) is 4.79 Å². The molecule has 0 bridgehead atoms. The molecule has 0 saturated heterocycles. The summed E-state index contributed by atoms with van der Waals surface area (Å²) in [6.45, 7) is 3.68. The molecule has 0 aliphatic heterocycles. The third-order valence-corrected chi connectivity index (χ3v) is 3.84. The number of halogens is 1. The molecule has 1 rings (SSSR count). The zero-order valence-corrected chi connectivity index (χ0v) is 9.83. The molecule has 0 aliphatic carbocycles. The number of hydrogen-bond donors (Lipinski definition) is 2. The molecule has 0 radical (unpaired) electrons. The Morgan fingerprint density at radius 3 is 2.62 bits per heavy atom. The van der Waals surface area contributed by atoms with E-state index in [4.69, 9.17) is 5.84 Å². The molecule has 0 spiro atoms. The molecule has 3 N–H and O–H groups in total. The molecule has 1 amide bonds. The van der Waals surface area contributed by atoms with Gasteiger partial charge in [-0.2, -0.15) is 0 Å². The molecule has 5 heteroatoms. The quantitative estimate of drug-likeness (QED) is 0.485. The van der Waals surface area contributed by atoms with Crippen LogP contribution in [0, 0.1) is 0 Å². The fraction of sp³-hybridized carbons (Fsp3) is 0.375. The van der Waals surface area contributed by atoms with E-state index >= 15 is 0 Å². The summed E-state index contributed by atoms with van der Waals surface area (Å²) in [5, 5.41) is 0. The van der Waals surface area contributed by atoms with E-state index in [0.717, 1.165) is 8.66 Å². The summed E-state index contributed by atoms with van der Waals surface area (Å²) in [4.78, 5) is 12.4. The Labute approximate surface area is 89.4 Å². The van der Waals surface area contributed by atoms with Gasteiger partial charge in [-0.1, -0.05) is 0 Å². The van der Waals surface area contributed by atoms with E-state index in [-0.39, 0.29) is 5.91 Å². The molecule has 0 aromatic carbocycles. The van der Waals surface area contributed by atoms with Crippen molar-refractivity contribution in [1.82, 2.24) is 5.43 Å². The molecule has 72 valence electrons. The highest BCUT2D eigenvalue weighted by Crippen LogP contribution is 2.32. The van der Waals surface area contributed by atoms with E-state index in [1.54, 1.807) is 0 Å². The van der Waals surface area contributed by atoms with Crippen LogP contribution < -0.4 is 11.3 Å². The lowest BCUT2D eigenvalue weighted by atomic mass is 9.91. The van der Waals surface area contributed by atoms with Gasteiger partial charge in [0.05, 0.1) is 9.20 Å². The molecule has 0 unspecified atom stereocenters. The number of carbonyl (C=O) groups excluding carboxylic acids is 1. The molecule has 0 fully saturated rings. The second kappa shape index (κ2) is 3.77. The highest BCUT2D eigenvalue weighted by Gasteiger charge is 2.30. The van der Waals surface area contributed by atoms with E-state index in [0.29, 0.717) is 0 Å². The number of amides is 1. The van der Waals surface area contributed by atoms with Crippen molar-refractivity contribution in [3.63, 3.8) is 0 Å². The molecule has 3 nitrogen and oxygen atoms in total. The van der Waals surface area contributed by atoms with E-state index in [1.165, 1.54) is 11.3 Å². The summed E-state index contributed by atoms with van der Waals surface area (Å²) < 4.78 is 1.01. The summed E-state index contributed by atoms with van der Waals surface area (Å²) in [5.74, 6) is 4.92. The van der Waals surface area contributed by atoms with Crippen LogP contribution in [0.4, 0.5) is 0 Å². The van der Waals surface area contributed by atoms with Crippen LogP contribution in [0.5, 0.6) is 0 Å². The molecule has 1 aromatic rings. The number of nitrogens with one attached hydrogen (secondary N) is 1. The molecule has 1 aromatic heterocycles. The smallest absolute Gasteiger partial charge is 0.244 e. The van der Waals surface area contributed by atoms with Gasteiger partial charge in [0.15, 0.2) is 0 Å². The Balaban J connectivity index is 2.99. The van der Waals surface area contributed by atoms with Gasteiger partial charge in [-0.25, -0.2) is 5.84 Å². The first-order chi connectivity index (χ1) is 5.98. The zero-order valence-electron chi connectivity index (χ0n) is 7.43. The Kier molecular flexibility index (Phi) is 3.10. The Morgan fingerprint density at radius 1 is 1.62 bits per heavy atom. The standard InChI is InChI=1S/C8H11BrN2OS/c1-8(2,7(12)11-10)5-3-4-6(9)13-5/h3-4H,10H2,1-2H3,(H,11,12). The van der Waals surface area contributed by atoms with E-state index < -0.39 is 5.41 Å². The van der Waals surface area contributed by atoms with Crippen LogP contribution in [0.1, 0.15) is 18.7 Å². The van der Waals surface area contributed by atoms with Gasteiger partial charge in [-0.15, -0.1) is 11.3 Å². The first-order valence-corrected chi connectivity index (χ1v) is 5.36. The highest BCUT2D eigenvalue weighted by molar-refractivity contribution is 9.11. The third-order valence-electron chi connectivity index (χ3n) is 1.89. The monoisotopic (exact) mass is 262 g/mol. The molecule has 13 heavy (non-hydrogen) atoms. The van der Waals surface area contributed by atoms with Gasteiger partial charge in [-0.3, -0.25) is 10.2 Å². The summed E-state index contributed by atoms with van der Waals surface area (Å²) in [5.41, 5.74) is 1.60. The van der Waals surface area contributed by atoms with Gasteiger partial charge in [0.25, 0.3) is 0 Å². The van der Waals surface area contributed by atoms with Crippen LogP contribution in [0.15, 0.2) is 15.9 Å². The minimum atomic E-state index is -0.564. The maximum Gasteiger partial charge on any atom is 0.244 e. The van der Waals surface area contributed by atoms with Crippen molar-refractivity contribution < 1.29 is 4.79 Å². The van der Waals surface area contributed by atoms with Gasteiger partial charge in [0, 0.05) is 4.88 Å². The Morgan fingerprint density at radius 2 is 2.23 bits per heavy atom. The van der Waals surface area contributed by atoms with Crippen molar-refractivity contribution in [1.29, 1.82) is 0 Å². The van der Waals surface area contributed by atoms with Crippen molar-refractivity contribution >= 4 is 33.2 Å².